The number of amides is 2. The van der Waals surface area contributed by atoms with Crippen molar-refractivity contribution in [2.75, 3.05) is 0 Å². The van der Waals surface area contributed by atoms with Crippen LogP contribution in [0.15, 0.2) is 53.4 Å². The number of halogens is 2. The number of aromatic nitrogens is 1. The SMILES string of the molecule is Cc1ccccc1CN1C(=O)S/C(=C\c2cc(C)n(-c3cc(Cl)cc(Cl)c3)c2C)C1=O. The molecule has 0 aliphatic carbocycles. The van der Waals surface area contributed by atoms with Crippen molar-refractivity contribution in [2.45, 2.75) is 27.3 Å². The molecule has 31 heavy (non-hydrogen) atoms. The molecule has 2 aromatic carbocycles. The molecular formula is C24H20Cl2N2O2S. The van der Waals surface area contributed by atoms with Gasteiger partial charge in [-0.2, -0.15) is 0 Å². The predicted octanol–water partition coefficient (Wildman–Crippen LogP) is 6.95. The molecule has 0 radical (unpaired) electrons. The molecule has 0 saturated carbocycles. The summed E-state index contributed by atoms with van der Waals surface area (Å²) in [7, 11) is 0. The van der Waals surface area contributed by atoms with Crippen molar-refractivity contribution in [1.29, 1.82) is 0 Å². The monoisotopic (exact) mass is 470 g/mol. The summed E-state index contributed by atoms with van der Waals surface area (Å²) >= 11 is 13.3. The van der Waals surface area contributed by atoms with Crippen LogP contribution in [0.4, 0.5) is 4.79 Å². The third kappa shape index (κ3) is 4.31. The second-order valence-electron chi connectivity index (χ2n) is 7.48. The predicted molar refractivity (Wildman–Crippen MR) is 128 cm³/mol. The van der Waals surface area contributed by atoms with Gasteiger partial charge in [0.15, 0.2) is 0 Å². The number of imide groups is 1. The molecule has 7 heteroatoms. The zero-order chi connectivity index (χ0) is 22.3. The third-order valence-corrected chi connectivity index (χ3v) is 6.67. The summed E-state index contributed by atoms with van der Waals surface area (Å²) in [4.78, 5) is 27.2. The van der Waals surface area contributed by atoms with Crippen LogP contribution < -0.4 is 0 Å². The maximum atomic E-state index is 13.0. The van der Waals surface area contributed by atoms with Crippen molar-refractivity contribution in [3.63, 3.8) is 0 Å². The van der Waals surface area contributed by atoms with Gasteiger partial charge in [-0.15, -0.1) is 0 Å². The van der Waals surface area contributed by atoms with E-state index in [0.717, 1.165) is 45.5 Å². The summed E-state index contributed by atoms with van der Waals surface area (Å²) in [6, 6.07) is 15.1. The molecule has 0 atom stereocenters. The lowest BCUT2D eigenvalue weighted by atomic mass is 10.1. The highest BCUT2D eigenvalue weighted by Crippen LogP contribution is 2.35. The third-order valence-electron chi connectivity index (χ3n) is 5.33. The van der Waals surface area contributed by atoms with E-state index in [1.54, 1.807) is 12.1 Å². The van der Waals surface area contributed by atoms with Gasteiger partial charge >= 0.3 is 0 Å². The Morgan fingerprint density at radius 2 is 1.65 bits per heavy atom. The molecule has 4 nitrogen and oxygen atoms in total. The lowest BCUT2D eigenvalue weighted by Gasteiger charge is -2.14. The molecule has 0 unspecified atom stereocenters. The Morgan fingerprint density at radius 1 is 0.968 bits per heavy atom. The first kappa shape index (κ1) is 21.8. The molecule has 0 N–H and O–H groups in total. The zero-order valence-corrected chi connectivity index (χ0v) is 19.6. The quantitative estimate of drug-likeness (QED) is 0.387. The van der Waals surface area contributed by atoms with Crippen LogP contribution >= 0.6 is 35.0 Å². The molecule has 158 valence electrons. The number of carbonyl (C=O) groups excluding carboxylic acids is 2. The Bertz CT molecular complexity index is 1230. The van der Waals surface area contributed by atoms with Gasteiger partial charge in [-0.1, -0.05) is 47.5 Å². The maximum absolute atomic E-state index is 13.0. The number of nitrogens with zero attached hydrogens (tertiary/aromatic N) is 2. The molecule has 1 fully saturated rings. The molecule has 2 heterocycles. The molecule has 1 saturated heterocycles. The van der Waals surface area contributed by atoms with Crippen LogP contribution in [0.1, 0.15) is 28.1 Å². The van der Waals surface area contributed by atoms with Crippen LogP contribution in [0.25, 0.3) is 11.8 Å². The first-order valence-electron chi connectivity index (χ1n) is 9.70. The van der Waals surface area contributed by atoms with E-state index in [2.05, 4.69) is 0 Å². The number of carbonyl (C=O) groups is 2. The molecule has 0 bridgehead atoms. The van der Waals surface area contributed by atoms with E-state index in [9.17, 15) is 9.59 Å². The summed E-state index contributed by atoms with van der Waals surface area (Å²) in [5, 5.41) is 0.845. The number of hydrogen-bond acceptors (Lipinski definition) is 3. The number of aryl methyl sites for hydroxylation is 2. The molecule has 4 rings (SSSR count). The van der Waals surface area contributed by atoms with Crippen molar-refractivity contribution >= 4 is 52.2 Å². The normalized spacial score (nSPS) is 15.4. The summed E-state index contributed by atoms with van der Waals surface area (Å²) in [6.07, 6.45) is 1.79. The zero-order valence-electron chi connectivity index (χ0n) is 17.3. The Balaban J connectivity index is 1.66. The number of hydrogen-bond donors (Lipinski definition) is 0. The second-order valence-corrected chi connectivity index (χ2v) is 9.35. The van der Waals surface area contributed by atoms with Gasteiger partial charge in [0.05, 0.1) is 11.4 Å². The first-order chi connectivity index (χ1) is 14.7. The number of thioether (sulfide) groups is 1. The van der Waals surface area contributed by atoms with Gasteiger partial charge in [0.2, 0.25) is 0 Å². The molecule has 1 aliphatic heterocycles. The van der Waals surface area contributed by atoms with Gasteiger partial charge in [0, 0.05) is 27.1 Å². The minimum atomic E-state index is -0.270. The van der Waals surface area contributed by atoms with E-state index in [1.165, 1.54) is 4.90 Å². The molecule has 3 aromatic rings. The Labute approximate surface area is 195 Å². The lowest BCUT2D eigenvalue weighted by Crippen LogP contribution is -2.27. The van der Waals surface area contributed by atoms with E-state index in [4.69, 9.17) is 23.2 Å². The van der Waals surface area contributed by atoms with Gasteiger partial charge in [0.25, 0.3) is 11.1 Å². The molecule has 2 amide bonds. The topological polar surface area (TPSA) is 42.3 Å². The average Bonchev–Trinajstić information content (AvgIpc) is 3.12. The Hall–Kier alpha value is -2.47. The highest BCUT2D eigenvalue weighted by molar-refractivity contribution is 8.18. The van der Waals surface area contributed by atoms with Crippen molar-refractivity contribution in [3.05, 3.63) is 91.6 Å². The van der Waals surface area contributed by atoms with Crippen molar-refractivity contribution in [1.82, 2.24) is 9.47 Å². The minimum absolute atomic E-state index is 0.255. The smallest absolute Gasteiger partial charge is 0.293 e. The van der Waals surface area contributed by atoms with Crippen LogP contribution in [-0.2, 0) is 11.3 Å². The van der Waals surface area contributed by atoms with Crippen molar-refractivity contribution < 1.29 is 9.59 Å². The van der Waals surface area contributed by atoms with Crippen LogP contribution in [-0.4, -0.2) is 20.6 Å². The summed E-state index contributed by atoms with van der Waals surface area (Å²) in [5.41, 5.74) is 5.63. The molecular weight excluding hydrogens is 451 g/mol. The van der Waals surface area contributed by atoms with Crippen molar-refractivity contribution in [2.24, 2.45) is 0 Å². The van der Waals surface area contributed by atoms with Crippen LogP contribution in [0, 0.1) is 20.8 Å². The largest absolute Gasteiger partial charge is 0.318 e. The van der Waals surface area contributed by atoms with Gasteiger partial charge in [0.1, 0.15) is 0 Å². The minimum Gasteiger partial charge on any atom is -0.318 e. The van der Waals surface area contributed by atoms with Gasteiger partial charge in [-0.25, -0.2) is 0 Å². The van der Waals surface area contributed by atoms with Gasteiger partial charge < -0.3 is 4.57 Å². The van der Waals surface area contributed by atoms with E-state index >= 15 is 0 Å². The fourth-order valence-corrected chi connectivity index (χ4v) is 5.08. The first-order valence-corrected chi connectivity index (χ1v) is 11.3. The number of benzene rings is 2. The highest BCUT2D eigenvalue weighted by Gasteiger charge is 2.35. The van der Waals surface area contributed by atoms with Gasteiger partial charge in [-0.05, 0) is 79.6 Å². The van der Waals surface area contributed by atoms with Crippen LogP contribution in [0.2, 0.25) is 10.0 Å². The van der Waals surface area contributed by atoms with Gasteiger partial charge in [-0.3, -0.25) is 14.5 Å². The van der Waals surface area contributed by atoms with E-state index < -0.39 is 0 Å². The lowest BCUT2D eigenvalue weighted by molar-refractivity contribution is -0.123. The van der Waals surface area contributed by atoms with E-state index in [-0.39, 0.29) is 17.7 Å². The Morgan fingerprint density at radius 3 is 2.32 bits per heavy atom. The fraction of sp³-hybridized carbons (Fsp3) is 0.167. The molecule has 1 aliphatic rings. The van der Waals surface area contributed by atoms with E-state index in [1.807, 2.05) is 67.8 Å². The highest BCUT2D eigenvalue weighted by atomic mass is 35.5. The van der Waals surface area contributed by atoms with Crippen molar-refractivity contribution in [3.8, 4) is 5.69 Å². The standard InChI is InChI=1S/C24H20Cl2N2O2S/c1-14-6-4-5-7-17(14)13-27-23(29)22(31-24(27)30)9-18-8-15(2)28(16(18)3)21-11-19(25)10-20(26)12-21/h4-12H,13H2,1-3H3/b22-9-. The Kier molecular flexibility index (Phi) is 6.02. The number of rotatable bonds is 4. The fourth-order valence-electron chi connectivity index (χ4n) is 3.73. The average molecular weight is 471 g/mol. The molecule has 1 aromatic heterocycles. The van der Waals surface area contributed by atoms with Crippen LogP contribution in [0.5, 0.6) is 0 Å². The summed E-state index contributed by atoms with van der Waals surface area (Å²) in [5.74, 6) is -0.270. The summed E-state index contributed by atoms with van der Waals surface area (Å²) < 4.78 is 2.03. The maximum Gasteiger partial charge on any atom is 0.293 e. The summed E-state index contributed by atoms with van der Waals surface area (Å²) in [6.45, 7) is 6.18. The van der Waals surface area contributed by atoms with Crippen LogP contribution in [0.3, 0.4) is 0 Å². The second kappa shape index (κ2) is 8.58. The van der Waals surface area contributed by atoms with E-state index in [0.29, 0.717) is 15.0 Å². The molecule has 0 spiro atoms.